The Balaban J connectivity index is 1.61. The number of nitrogens with two attached hydrogens (primary N) is 1. The molecule has 1 fully saturated rings. The van der Waals surface area contributed by atoms with Gasteiger partial charge in [0, 0.05) is 49.1 Å². The van der Waals surface area contributed by atoms with Crippen molar-refractivity contribution < 1.29 is 0 Å². The lowest BCUT2D eigenvalue weighted by atomic mass is 10.1. The quantitative estimate of drug-likeness (QED) is 0.874. The molecule has 3 N–H and O–H groups in total. The van der Waals surface area contributed by atoms with E-state index in [1.54, 1.807) is 0 Å². The zero-order valence-corrected chi connectivity index (χ0v) is 11.2. The van der Waals surface area contributed by atoms with Crippen LogP contribution in [0.2, 0.25) is 0 Å². The Bertz CT molecular complexity index is 561. The molecular weight excluding hydrogens is 236 g/mol. The number of benzene rings is 1. The maximum atomic E-state index is 5.80. The Morgan fingerprint density at radius 3 is 3.00 bits per heavy atom. The molecule has 4 heteroatoms. The van der Waals surface area contributed by atoms with Gasteiger partial charge in [-0.05, 0) is 30.5 Å². The van der Waals surface area contributed by atoms with Crippen LogP contribution in [0.15, 0.2) is 36.7 Å². The molecule has 4 nitrogen and oxygen atoms in total. The Morgan fingerprint density at radius 1 is 1.37 bits per heavy atom. The summed E-state index contributed by atoms with van der Waals surface area (Å²) in [6.45, 7) is 5.20. The fraction of sp³-hybridized carbons (Fsp3) is 0.400. The highest BCUT2D eigenvalue weighted by Gasteiger charge is 2.26. The third-order valence-electron chi connectivity index (χ3n) is 3.51. The first kappa shape index (κ1) is 12.4. The summed E-state index contributed by atoms with van der Waals surface area (Å²) >= 11 is 0. The monoisotopic (exact) mass is 256 g/mol. The van der Waals surface area contributed by atoms with Crippen molar-refractivity contribution in [1.82, 2.24) is 9.88 Å². The molecule has 19 heavy (non-hydrogen) atoms. The van der Waals surface area contributed by atoms with Crippen LogP contribution < -0.4 is 11.1 Å². The molecule has 1 aromatic heterocycles. The highest BCUT2D eigenvalue weighted by Crippen LogP contribution is 2.20. The van der Waals surface area contributed by atoms with Gasteiger partial charge >= 0.3 is 0 Å². The van der Waals surface area contributed by atoms with Crippen LogP contribution in [0.25, 0.3) is 10.8 Å². The molecule has 0 saturated carbocycles. The van der Waals surface area contributed by atoms with Crippen molar-refractivity contribution >= 4 is 16.5 Å². The molecule has 0 bridgehead atoms. The van der Waals surface area contributed by atoms with Crippen LogP contribution in [0.5, 0.6) is 0 Å². The summed E-state index contributed by atoms with van der Waals surface area (Å²) in [5.74, 6) is 0. The van der Waals surface area contributed by atoms with E-state index in [4.69, 9.17) is 5.73 Å². The van der Waals surface area contributed by atoms with Crippen LogP contribution >= 0.6 is 0 Å². The number of rotatable bonds is 4. The molecule has 0 radical (unpaired) electrons. The number of fused-ring (bicyclic) bond motifs is 1. The second-order valence-corrected chi connectivity index (χ2v) is 5.47. The van der Waals surface area contributed by atoms with Crippen molar-refractivity contribution in [1.29, 1.82) is 0 Å². The molecule has 0 amide bonds. The third-order valence-corrected chi connectivity index (χ3v) is 3.51. The first-order chi connectivity index (χ1) is 9.20. The highest BCUT2D eigenvalue weighted by atomic mass is 15.2. The Kier molecular flexibility index (Phi) is 3.36. The molecule has 1 aliphatic rings. The molecule has 1 aliphatic heterocycles. The number of nitrogens with zero attached hydrogens (tertiary/aromatic N) is 2. The number of aromatic nitrogens is 1. The van der Waals surface area contributed by atoms with Crippen LogP contribution in [0.1, 0.15) is 6.92 Å². The molecule has 2 aromatic rings. The summed E-state index contributed by atoms with van der Waals surface area (Å²) in [6.07, 6.45) is 3.73. The zero-order chi connectivity index (χ0) is 13.2. The lowest BCUT2D eigenvalue weighted by molar-refractivity contribution is 0.154. The Labute approximate surface area is 113 Å². The van der Waals surface area contributed by atoms with Gasteiger partial charge in [-0.2, -0.15) is 0 Å². The lowest BCUT2D eigenvalue weighted by Gasteiger charge is -2.41. The molecule has 3 rings (SSSR count). The van der Waals surface area contributed by atoms with E-state index in [2.05, 4.69) is 40.3 Å². The van der Waals surface area contributed by atoms with Gasteiger partial charge in [0.15, 0.2) is 0 Å². The average molecular weight is 256 g/mol. The van der Waals surface area contributed by atoms with E-state index in [0.717, 1.165) is 19.6 Å². The van der Waals surface area contributed by atoms with E-state index >= 15 is 0 Å². The summed E-state index contributed by atoms with van der Waals surface area (Å²) in [4.78, 5) is 6.51. The van der Waals surface area contributed by atoms with E-state index < -0.39 is 0 Å². The predicted octanol–water partition coefficient (Wildman–Crippen LogP) is 1.68. The van der Waals surface area contributed by atoms with Crippen LogP contribution in [-0.2, 0) is 0 Å². The number of nitrogens with one attached hydrogen (secondary N) is 1. The fourth-order valence-corrected chi connectivity index (χ4v) is 2.63. The number of pyridine rings is 1. The average Bonchev–Trinajstić information content (AvgIpc) is 2.35. The molecule has 0 aliphatic carbocycles. The first-order valence-corrected chi connectivity index (χ1v) is 6.79. The van der Waals surface area contributed by atoms with Crippen molar-refractivity contribution in [3.8, 4) is 0 Å². The molecule has 100 valence electrons. The fourth-order valence-electron chi connectivity index (χ4n) is 2.63. The maximum absolute atomic E-state index is 5.80. The van der Waals surface area contributed by atoms with E-state index in [1.165, 1.54) is 16.5 Å². The topological polar surface area (TPSA) is 54.2 Å². The minimum atomic E-state index is 0.258. The van der Waals surface area contributed by atoms with Crippen molar-refractivity contribution in [3.05, 3.63) is 36.7 Å². The standard InChI is InChI=1S/C15H20N4/c1-11(16)8-19-9-15(10-19)18-14-3-2-13-7-17-5-4-12(13)6-14/h2-7,11,15,18H,8-10,16H2,1H3. The summed E-state index contributed by atoms with van der Waals surface area (Å²) in [5.41, 5.74) is 6.98. The second kappa shape index (κ2) is 5.15. The van der Waals surface area contributed by atoms with Gasteiger partial charge in [0.1, 0.15) is 0 Å². The van der Waals surface area contributed by atoms with Gasteiger partial charge in [-0.15, -0.1) is 0 Å². The summed E-state index contributed by atoms with van der Waals surface area (Å²) in [7, 11) is 0. The molecule has 1 unspecified atom stereocenters. The molecule has 2 heterocycles. The van der Waals surface area contributed by atoms with E-state index in [9.17, 15) is 0 Å². The van der Waals surface area contributed by atoms with Crippen LogP contribution in [0.3, 0.4) is 0 Å². The van der Waals surface area contributed by atoms with Crippen molar-refractivity contribution in [3.63, 3.8) is 0 Å². The predicted molar refractivity (Wildman–Crippen MR) is 79.2 cm³/mol. The molecular formula is C15H20N4. The highest BCUT2D eigenvalue weighted by molar-refractivity contribution is 5.84. The van der Waals surface area contributed by atoms with Crippen molar-refractivity contribution in [2.75, 3.05) is 25.0 Å². The van der Waals surface area contributed by atoms with Gasteiger partial charge in [-0.25, -0.2) is 0 Å². The van der Waals surface area contributed by atoms with Gasteiger partial charge in [-0.1, -0.05) is 6.07 Å². The van der Waals surface area contributed by atoms with Crippen LogP contribution in [0, 0.1) is 0 Å². The Hall–Kier alpha value is -1.65. The van der Waals surface area contributed by atoms with Gasteiger partial charge in [0.05, 0.1) is 6.04 Å². The van der Waals surface area contributed by atoms with Crippen LogP contribution in [-0.4, -0.2) is 41.6 Å². The van der Waals surface area contributed by atoms with E-state index in [1.807, 2.05) is 18.5 Å². The number of hydrogen-bond donors (Lipinski definition) is 2. The van der Waals surface area contributed by atoms with Crippen molar-refractivity contribution in [2.24, 2.45) is 5.73 Å². The van der Waals surface area contributed by atoms with Gasteiger partial charge in [0.25, 0.3) is 0 Å². The summed E-state index contributed by atoms with van der Waals surface area (Å²) in [6, 6.07) is 9.27. The van der Waals surface area contributed by atoms with Crippen molar-refractivity contribution in [2.45, 2.75) is 19.0 Å². The minimum absolute atomic E-state index is 0.258. The van der Waals surface area contributed by atoms with E-state index in [-0.39, 0.29) is 6.04 Å². The molecule has 1 aromatic carbocycles. The second-order valence-electron chi connectivity index (χ2n) is 5.47. The summed E-state index contributed by atoms with van der Waals surface area (Å²) < 4.78 is 0. The smallest absolute Gasteiger partial charge is 0.0515 e. The minimum Gasteiger partial charge on any atom is -0.380 e. The molecule has 0 spiro atoms. The zero-order valence-electron chi connectivity index (χ0n) is 11.2. The SMILES string of the molecule is CC(N)CN1CC(Nc2ccc3cnccc3c2)C1. The van der Waals surface area contributed by atoms with Gasteiger partial charge in [-0.3, -0.25) is 9.88 Å². The van der Waals surface area contributed by atoms with Gasteiger partial charge in [0.2, 0.25) is 0 Å². The number of hydrogen-bond acceptors (Lipinski definition) is 4. The van der Waals surface area contributed by atoms with Gasteiger partial charge < -0.3 is 11.1 Å². The normalized spacial score (nSPS) is 18.2. The third kappa shape index (κ3) is 2.85. The summed E-state index contributed by atoms with van der Waals surface area (Å²) in [5, 5.41) is 5.98. The van der Waals surface area contributed by atoms with Crippen LogP contribution in [0.4, 0.5) is 5.69 Å². The number of likely N-dealkylation sites (tertiary alicyclic amines) is 1. The molecule has 1 atom stereocenters. The Morgan fingerprint density at radius 2 is 2.21 bits per heavy atom. The lowest BCUT2D eigenvalue weighted by Crippen LogP contribution is -2.57. The number of anilines is 1. The largest absolute Gasteiger partial charge is 0.380 e. The van der Waals surface area contributed by atoms with E-state index in [0.29, 0.717) is 6.04 Å². The maximum Gasteiger partial charge on any atom is 0.0515 e. The molecule has 1 saturated heterocycles. The first-order valence-electron chi connectivity index (χ1n) is 6.79.